The summed E-state index contributed by atoms with van der Waals surface area (Å²) in [6.07, 6.45) is 0.0319. The zero-order valence-corrected chi connectivity index (χ0v) is 21.0. The second kappa shape index (κ2) is 10.4. The smallest absolute Gasteiger partial charge is 0.307 e. The van der Waals surface area contributed by atoms with Crippen molar-refractivity contribution in [1.82, 2.24) is 4.72 Å². The lowest BCUT2D eigenvalue weighted by atomic mass is 9.98. The molecule has 14 heteroatoms. The van der Waals surface area contributed by atoms with Gasteiger partial charge in [-0.05, 0) is 54.1 Å². The normalized spacial score (nSPS) is 13.5. The van der Waals surface area contributed by atoms with Crippen LogP contribution in [0.25, 0.3) is 0 Å². The highest BCUT2D eigenvalue weighted by molar-refractivity contribution is 7.94. The standard InChI is InChI=1S/C21H16ClN3O7S3/c1-31-32-34-15-7-2-12-10-18(26)25(20(27)16(12)11-15)14-5-3-13(4-6-14)23-21(28)24-35(29,30)19-9-8-17(22)33-19/h2-9,11H,10H2,1H3,(H2,23,24,28). The summed E-state index contributed by atoms with van der Waals surface area (Å²) in [4.78, 5) is 44.2. The predicted molar refractivity (Wildman–Crippen MR) is 131 cm³/mol. The van der Waals surface area contributed by atoms with Crippen LogP contribution in [0.5, 0.6) is 0 Å². The Balaban J connectivity index is 1.47. The summed E-state index contributed by atoms with van der Waals surface area (Å²) in [6.45, 7) is 0. The van der Waals surface area contributed by atoms with Gasteiger partial charge < -0.3 is 5.32 Å². The summed E-state index contributed by atoms with van der Waals surface area (Å²) in [6, 6.07) is 12.6. The number of rotatable bonds is 7. The van der Waals surface area contributed by atoms with Crippen molar-refractivity contribution in [1.29, 1.82) is 0 Å². The van der Waals surface area contributed by atoms with Crippen LogP contribution in [0.3, 0.4) is 0 Å². The van der Waals surface area contributed by atoms with Gasteiger partial charge in [0.2, 0.25) is 5.91 Å². The van der Waals surface area contributed by atoms with Crippen molar-refractivity contribution in [2.24, 2.45) is 0 Å². The minimum Gasteiger partial charge on any atom is -0.307 e. The van der Waals surface area contributed by atoms with E-state index in [0.29, 0.717) is 21.7 Å². The fourth-order valence-electron chi connectivity index (χ4n) is 3.24. The third-order valence-electron chi connectivity index (χ3n) is 4.73. The number of imide groups is 1. The predicted octanol–water partition coefficient (Wildman–Crippen LogP) is 4.23. The van der Waals surface area contributed by atoms with E-state index in [1.807, 2.05) is 4.72 Å². The fourth-order valence-corrected chi connectivity index (χ4v) is 6.06. The highest BCUT2D eigenvalue weighted by Gasteiger charge is 2.32. The molecule has 2 N–H and O–H groups in total. The zero-order chi connectivity index (χ0) is 25.2. The number of thiophene rings is 1. The Morgan fingerprint density at radius 2 is 1.86 bits per heavy atom. The zero-order valence-electron chi connectivity index (χ0n) is 17.8. The van der Waals surface area contributed by atoms with Gasteiger partial charge in [-0.3, -0.25) is 9.59 Å². The number of anilines is 2. The van der Waals surface area contributed by atoms with E-state index in [1.54, 1.807) is 18.2 Å². The van der Waals surface area contributed by atoms with Gasteiger partial charge in [0.15, 0.2) is 0 Å². The van der Waals surface area contributed by atoms with E-state index in [9.17, 15) is 22.8 Å². The van der Waals surface area contributed by atoms with E-state index in [0.717, 1.165) is 28.3 Å². The number of sulfonamides is 1. The van der Waals surface area contributed by atoms with E-state index >= 15 is 0 Å². The number of fused-ring (bicyclic) bond motifs is 1. The number of amides is 4. The number of nitrogens with one attached hydrogen (secondary N) is 2. The molecule has 10 nitrogen and oxygen atoms in total. The summed E-state index contributed by atoms with van der Waals surface area (Å²) in [7, 11) is -2.72. The monoisotopic (exact) mass is 553 g/mol. The van der Waals surface area contributed by atoms with E-state index < -0.39 is 27.9 Å². The Hall–Kier alpha value is -2.94. The number of urea groups is 1. The van der Waals surface area contributed by atoms with Crippen molar-refractivity contribution in [2.45, 2.75) is 15.5 Å². The van der Waals surface area contributed by atoms with Crippen molar-refractivity contribution in [3.8, 4) is 0 Å². The Morgan fingerprint density at radius 1 is 1.11 bits per heavy atom. The number of benzene rings is 2. The van der Waals surface area contributed by atoms with Crippen molar-refractivity contribution in [2.75, 3.05) is 17.3 Å². The number of halogens is 1. The van der Waals surface area contributed by atoms with Gasteiger partial charge in [-0.15, -0.1) is 11.3 Å². The third kappa shape index (κ3) is 5.66. The molecule has 0 saturated heterocycles. The molecule has 4 rings (SSSR count). The highest BCUT2D eigenvalue weighted by Crippen LogP contribution is 2.30. The number of hydrogen-bond acceptors (Lipinski definition) is 9. The molecule has 0 fully saturated rings. The molecule has 182 valence electrons. The Labute approximate surface area is 213 Å². The number of nitrogens with zero attached hydrogens (tertiary/aromatic N) is 1. The lowest BCUT2D eigenvalue weighted by Crippen LogP contribution is -2.42. The van der Waals surface area contributed by atoms with Crippen LogP contribution in [0, 0.1) is 0 Å². The van der Waals surface area contributed by atoms with Crippen LogP contribution in [0.15, 0.2) is 63.7 Å². The molecule has 2 heterocycles. The lowest BCUT2D eigenvalue weighted by molar-refractivity contribution is -0.160. The molecule has 0 spiro atoms. The minimum absolute atomic E-state index is 0.0319. The van der Waals surface area contributed by atoms with Crippen molar-refractivity contribution in [3.63, 3.8) is 0 Å². The first-order valence-corrected chi connectivity index (χ1v) is 13.2. The molecule has 0 radical (unpaired) electrons. The molecular formula is C21H16ClN3O7S3. The second-order valence-corrected chi connectivity index (χ2v) is 11.4. The van der Waals surface area contributed by atoms with Crippen LogP contribution >= 0.6 is 35.0 Å². The maximum absolute atomic E-state index is 13.1. The van der Waals surface area contributed by atoms with Gasteiger partial charge in [0, 0.05) is 16.1 Å². The third-order valence-corrected chi connectivity index (χ3v) is 8.43. The first kappa shape index (κ1) is 25.2. The molecule has 0 saturated carbocycles. The highest BCUT2D eigenvalue weighted by atomic mass is 35.5. The van der Waals surface area contributed by atoms with Gasteiger partial charge in [0.1, 0.15) is 4.21 Å². The molecule has 0 aliphatic carbocycles. The fraction of sp³-hybridized carbons (Fsp3) is 0.0952. The van der Waals surface area contributed by atoms with Gasteiger partial charge in [0.25, 0.3) is 15.9 Å². The van der Waals surface area contributed by atoms with E-state index in [2.05, 4.69) is 10.2 Å². The van der Waals surface area contributed by atoms with Crippen molar-refractivity contribution >= 4 is 74.2 Å². The molecule has 2 aromatic carbocycles. The van der Waals surface area contributed by atoms with Gasteiger partial charge in [-0.1, -0.05) is 17.7 Å². The summed E-state index contributed by atoms with van der Waals surface area (Å²) < 4.78 is 31.4. The first-order chi connectivity index (χ1) is 16.7. The Kier molecular flexibility index (Phi) is 7.44. The van der Waals surface area contributed by atoms with E-state index in [1.165, 1.54) is 43.5 Å². The lowest BCUT2D eigenvalue weighted by Gasteiger charge is -2.27. The van der Waals surface area contributed by atoms with Crippen LogP contribution in [0.2, 0.25) is 4.34 Å². The molecule has 1 aliphatic heterocycles. The number of hydrogen-bond donors (Lipinski definition) is 2. The maximum atomic E-state index is 13.1. The average Bonchev–Trinajstić information content (AvgIpc) is 3.26. The SMILES string of the molecule is COOSc1ccc2c(c1)C(=O)N(c1ccc(NC(=O)NS(=O)(=O)c3ccc(Cl)s3)cc1)C(=O)C2. The molecule has 1 aromatic heterocycles. The molecule has 0 unspecified atom stereocenters. The topological polar surface area (TPSA) is 131 Å². The molecule has 35 heavy (non-hydrogen) atoms. The Bertz CT molecular complexity index is 1410. The van der Waals surface area contributed by atoms with Crippen molar-refractivity contribution in [3.05, 3.63) is 70.1 Å². The first-order valence-electron chi connectivity index (χ1n) is 9.74. The van der Waals surface area contributed by atoms with Gasteiger partial charge in [-0.25, -0.2) is 27.7 Å². The van der Waals surface area contributed by atoms with Crippen LogP contribution in [0.1, 0.15) is 15.9 Å². The number of carbonyl (C=O) groups is 3. The van der Waals surface area contributed by atoms with E-state index in [-0.39, 0.29) is 20.7 Å². The van der Waals surface area contributed by atoms with Crippen LogP contribution < -0.4 is 14.9 Å². The minimum atomic E-state index is -4.08. The molecular weight excluding hydrogens is 538 g/mol. The summed E-state index contributed by atoms with van der Waals surface area (Å²) in [5.41, 5.74) is 1.50. The van der Waals surface area contributed by atoms with Crippen LogP contribution in [0.4, 0.5) is 16.2 Å². The molecule has 0 bridgehead atoms. The van der Waals surface area contributed by atoms with Crippen molar-refractivity contribution < 1.29 is 32.0 Å². The molecule has 1 aliphatic rings. The van der Waals surface area contributed by atoms with Gasteiger partial charge >= 0.3 is 6.03 Å². The van der Waals surface area contributed by atoms with Gasteiger partial charge in [0.05, 0.1) is 35.6 Å². The summed E-state index contributed by atoms with van der Waals surface area (Å²) in [5.74, 6) is -0.912. The van der Waals surface area contributed by atoms with Gasteiger partial charge in [-0.2, -0.15) is 4.33 Å². The summed E-state index contributed by atoms with van der Waals surface area (Å²) in [5, 5.41) is 2.40. The second-order valence-electron chi connectivity index (χ2n) is 7.01. The summed E-state index contributed by atoms with van der Waals surface area (Å²) >= 11 is 7.49. The van der Waals surface area contributed by atoms with Crippen LogP contribution in [-0.2, 0) is 30.5 Å². The maximum Gasteiger partial charge on any atom is 0.333 e. The quantitative estimate of drug-likeness (QED) is 0.192. The molecule has 4 amide bonds. The molecule has 0 atom stereocenters. The largest absolute Gasteiger partial charge is 0.333 e. The molecule has 3 aromatic rings. The number of carbonyl (C=O) groups excluding carboxylic acids is 3. The van der Waals surface area contributed by atoms with E-state index in [4.69, 9.17) is 15.9 Å². The average molecular weight is 554 g/mol. The Morgan fingerprint density at radius 3 is 2.51 bits per heavy atom. The van der Waals surface area contributed by atoms with Crippen LogP contribution in [-0.4, -0.2) is 33.4 Å².